The Morgan fingerprint density at radius 2 is 1.64 bits per heavy atom. The fourth-order valence-corrected chi connectivity index (χ4v) is 4.83. The zero-order chi connectivity index (χ0) is 32.4. The van der Waals surface area contributed by atoms with Crippen LogP contribution in [0.15, 0.2) is 97.2 Å². The van der Waals surface area contributed by atoms with E-state index in [0.29, 0.717) is 24.1 Å². The molecule has 11 heteroatoms. The van der Waals surface area contributed by atoms with Gasteiger partial charge >= 0.3 is 6.36 Å². The average Bonchev–Trinajstić information content (AvgIpc) is 3.00. The van der Waals surface area contributed by atoms with Crippen LogP contribution in [0.1, 0.15) is 43.1 Å². The Bertz CT molecular complexity index is 1570. The van der Waals surface area contributed by atoms with E-state index in [1.807, 2.05) is 42.5 Å². The standard InChI is InChI=1S/C34H35F3N4O4/c1-23-15-26(19-27(16-23)33(44)41(2)22-28-12-6-7-14-39-28)32(43)40-30(18-24-9-4-3-5-10-24)31(42)21-38-20-25-11-8-13-29(17-25)45-34(35,36)37/h3-17,19,30-31,38,42H,18,20-22H2,1-2H3,(H,40,43). The van der Waals surface area contributed by atoms with Gasteiger partial charge in [-0.05, 0) is 72.5 Å². The molecule has 2 unspecified atom stereocenters. The molecule has 0 spiro atoms. The number of halogens is 3. The topological polar surface area (TPSA) is 104 Å². The van der Waals surface area contributed by atoms with E-state index < -0.39 is 24.4 Å². The quantitative estimate of drug-likeness (QED) is 0.193. The maximum Gasteiger partial charge on any atom is 0.573 e. The van der Waals surface area contributed by atoms with Gasteiger partial charge in [-0.3, -0.25) is 14.6 Å². The van der Waals surface area contributed by atoms with Crippen LogP contribution < -0.4 is 15.4 Å². The van der Waals surface area contributed by atoms with Gasteiger partial charge in [0.2, 0.25) is 0 Å². The summed E-state index contributed by atoms with van der Waals surface area (Å²) in [6.45, 7) is 2.29. The van der Waals surface area contributed by atoms with Crippen molar-refractivity contribution >= 4 is 11.8 Å². The van der Waals surface area contributed by atoms with Crippen molar-refractivity contribution in [3.05, 3.63) is 131 Å². The van der Waals surface area contributed by atoms with Crippen LogP contribution in [0.5, 0.6) is 5.75 Å². The fraction of sp³-hybridized carbons (Fsp3) is 0.265. The van der Waals surface area contributed by atoms with Crippen LogP contribution in [-0.4, -0.2) is 58.9 Å². The van der Waals surface area contributed by atoms with Crippen LogP contribution in [0.4, 0.5) is 13.2 Å². The molecule has 0 radical (unpaired) electrons. The molecule has 0 aliphatic heterocycles. The van der Waals surface area contributed by atoms with Crippen LogP contribution in [0, 0.1) is 6.92 Å². The molecule has 4 rings (SSSR count). The van der Waals surface area contributed by atoms with E-state index in [1.54, 1.807) is 44.4 Å². The molecule has 0 bridgehead atoms. The first kappa shape index (κ1) is 33.2. The highest BCUT2D eigenvalue weighted by Crippen LogP contribution is 2.23. The summed E-state index contributed by atoms with van der Waals surface area (Å²) in [5.41, 5.74) is 3.47. The van der Waals surface area contributed by atoms with Crippen LogP contribution in [0.25, 0.3) is 0 Å². The van der Waals surface area contributed by atoms with Gasteiger partial charge in [-0.2, -0.15) is 0 Å². The monoisotopic (exact) mass is 620 g/mol. The molecule has 2 amide bonds. The number of amides is 2. The number of rotatable bonds is 13. The van der Waals surface area contributed by atoms with Gasteiger partial charge in [-0.25, -0.2) is 0 Å². The minimum atomic E-state index is -4.80. The number of aliphatic hydroxyl groups is 1. The normalized spacial score (nSPS) is 12.7. The number of pyridine rings is 1. The number of aryl methyl sites for hydroxylation is 1. The number of nitrogens with one attached hydrogen (secondary N) is 2. The summed E-state index contributed by atoms with van der Waals surface area (Å²) in [4.78, 5) is 32.5. The highest BCUT2D eigenvalue weighted by atomic mass is 19.4. The number of carbonyl (C=O) groups is 2. The maximum atomic E-state index is 13.5. The molecule has 2 atom stereocenters. The van der Waals surface area contributed by atoms with Gasteiger partial charge in [-0.1, -0.05) is 48.5 Å². The molecule has 236 valence electrons. The minimum absolute atomic E-state index is 0.0397. The number of aromatic nitrogens is 1. The Labute approximate surface area is 259 Å². The molecule has 1 aromatic heterocycles. The highest BCUT2D eigenvalue weighted by Gasteiger charge is 2.31. The molecular formula is C34H35F3N4O4. The predicted molar refractivity (Wildman–Crippen MR) is 163 cm³/mol. The van der Waals surface area contributed by atoms with Crippen LogP contribution >= 0.6 is 0 Å². The van der Waals surface area contributed by atoms with Crippen molar-refractivity contribution in [3.63, 3.8) is 0 Å². The Morgan fingerprint density at radius 3 is 2.36 bits per heavy atom. The van der Waals surface area contributed by atoms with E-state index >= 15 is 0 Å². The van der Waals surface area contributed by atoms with E-state index in [-0.39, 0.29) is 30.3 Å². The average molecular weight is 621 g/mol. The second kappa shape index (κ2) is 15.3. The third kappa shape index (κ3) is 10.4. The van der Waals surface area contributed by atoms with Gasteiger partial charge in [0.05, 0.1) is 24.4 Å². The largest absolute Gasteiger partial charge is 0.573 e. The van der Waals surface area contributed by atoms with Crippen molar-refractivity contribution in [2.24, 2.45) is 0 Å². The molecule has 45 heavy (non-hydrogen) atoms. The van der Waals surface area contributed by atoms with E-state index in [2.05, 4.69) is 20.4 Å². The molecule has 0 fully saturated rings. The van der Waals surface area contributed by atoms with Gasteiger partial charge in [0.1, 0.15) is 5.75 Å². The lowest BCUT2D eigenvalue weighted by Crippen LogP contribution is -2.48. The smallest absolute Gasteiger partial charge is 0.406 e. The van der Waals surface area contributed by atoms with Crippen molar-refractivity contribution in [1.82, 2.24) is 20.5 Å². The van der Waals surface area contributed by atoms with Crippen molar-refractivity contribution in [1.29, 1.82) is 0 Å². The fourth-order valence-electron chi connectivity index (χ4n) is 4.83. The molecule has 3 aromatic carbocycles. The third-order valence-electron chi connectivity index (χ3n) is 6.95. The first-order valence-electron chi connectivity index (χ1n) is 14.3. The second-order valence-electron chi connectivity index (χ2n) is 10.7. The van der Waals surface area contributed by atoms with Crippen molar-refractivity contribution < 1.29 is 32.6 Å². The van der Waals surface area contributed by atoms with Gasteiger partial charge in [0.15, 0.2) is 0 Å². The highest BCUT2D eigenvalue weighted by molar-refractivity contribution is 6.00. The Balaban J connectivity index is 1.44. The number of ether oxygens (including phenoxy) is 1. The number of carbonyl (C=O) groups excluding carboxylic acids is 2. The summed E-state index contributed by atoms with van der Waals surface area (Å²) in [5, 5.41) is 17.1. The minimum Gasteiger partial charge on any atom is -0.406 e. The Kier molecular flexibility index (Phi) is 11.3. The van der Waals surface area contributed by atoms with Gasteiger partial charge in [0.25, 0.3) is 11.8 Å². The summed E-state index contributed by atoms with van der Waals surface area (Å²) < 4.78 is 41.8. The van der Waals surface area contributed by atoms with E-state index in [0.717, 1.165) is 16.8 Å². The summed E-state index contributed by atoms with van der Waals surface area (Å²) in [7, 11) is 1.66. The molecule has 0 saturated carbocycles. The number of aliphatic hydroxyl groups excluding tert-OH is 1. The molecule has 8 nitrogen and oxygen atoms in total. The second-order valence-corrected chi connectivity index (χ2v) is 10.7. The number of benzene rings is 3. The van der Waals surface area contributed by atoms with Crippen molar-refractivity contribution in [2.45, 2.75) is 44.9 Å². The van der Waals surface area contributed by atoms with Gasteiger partial charge in [-0.15, -0.1) is 13.2 Å². The SMILES string of the molecule is Cc1cc(C(=O)NC(Cc2ccccc2)C(O)CNCc2cccc(OC(F)(F)F)c2)cc(C(=O)N(C)Cc2ccccn2)c1. The summed E-state index contributed by atoms with van der Waals surface area (Å²) in [6.07, 6.45) is -3.89. The summed E-state index contributed by atoms with van der Waals surface area (Å²) in [6, 6.07) is 24.5. The van der Waals surface area contributed by atoms with Crippen molar-refractivity contribution in [3.8, 4) is 5.75 Å². The van der Waals surface area contributed by atoms with Crippen molar-refractivity contribution in [2.75, 3.05) is 13.6 Å². The maximum absolute atomic E-state index is 13.5. The van der Waals surface area contributed by atoms with Crippen LogP contribution in [0.3, 0.4) is 0 Å². The molecule has 1 heterocycles. The predicted octanol–water partition coefficient (Wildman–Crippen LogP) is 5.05. The van der Waals surface area contributed by atoms with E-state index in [4.69, 9.17) is 0 Å². The van der Waals surface area contributed by atoms with Gasteiger partial charge < -0.3 is 25.4 Å². The summed E-state index contributed by atoms with van der Waals surface area (Å²) >= 11 is 0. The number of hydrogen-bond acceptors (Lipinski definition) is 6. The molecule has 0 saturated heterocycles. The molecule has 0 aliphatic rings. The summed E-state index contributed by atoms with van der Waals surface area (Å²) in [5.74, 6) is -1.07. The molecule has 0 aliphatic carbocycles. The van der Waals surface area contributed by atoms with Crippen LogP contribution in [0.2, 0.25) is 0 Å². The first-order valence-corrected chi connectivity index (χ1v) is 14.3. The third-order valence-corrected chi connectivity index (χ3v) is 6.95. The van der Waals surface area contributed by atoms with Crippen LogP contribution in [-0.2, 0) is 19.5 Å². The molecule has 3 N–H and O–H groups in total. The lowest BCUT2D eigenvalue weighted by atomic mass is 9.99. The number of alkyl halides is 3. The lowest BCUT2D eigenvalue weighted by molar-refractivity contribution is -0.274. The van der Waals surface area contributed by atoms with E-state index in [9.17, 15) is 27.9 Å². The zero-order valence-electron chi connectivity index (χ0n) is 24.9. The Morgan fingerprint density at radius 1 is 0.933 bits per heavy atom. The first-order chi connectivity index (χ1) is 21.5. The number of nitrogens with zero attached hydrogens (tertiary/aromatic N) is 2. The van der Waals surface area contributed by atoms with Gasteiger partial charge in [0, 0.05) is 37.5 Å². The zero-order valence-corrected chi connectivity index (χ0v) is 24.9. The molecular weight excluding hydrogens is 585 g/mol. The Hall–Kier alpha value is -4.74. The number of hydrogen-bond donors (Lipinski definition) is 3. The molecule has 4 aromatic rings. The van der Waals surface area contributed by atoms with E-state index in [1.165, 1.54) is 29.2 Å². The lowest BCUT2D eigenvalue weighted by Gasteiger charge is -2.25.